The number of carbonyl (C=O) groups excluding carboxylic acids is 1. The molecule has 0 fully saturated rings. The van der Waals surface area contributed by atoms with Crippen molar-refractivity contribution in [2.24, 2.45) is 0 Å². The van der Waals surface area contributed by atoms with Crippen LogP contribution in [0.5, 0.6) is 0 Å². The van der Waals surface area contributed by atoms with Crippen LogP contribution in [0.2, 0.25) is 0 Å². The first-order chi connectivity index (χ1) is 5.25. The van der Waals surface area contributed by atoms with Gasteiger partial charge in [-0.05, 0) is 13.8 Å². The van der Waals surface area contributed by atoms with Crippen LogP contribution in [0.1, 0.15) is 13.8 Å². The van der Waals surface area contributed by atoms with Gasteiger partial charge in [-0.1, -0.05) is 6.58 Å². The van der Waals surface area contributed by atoms with Crippen LogP contribution in [-0.2, 0) is 19.6 Å². The summed E-state index contributed by atoms with van der Waals surface area (Å²) in [5.74, 6) is -0.847. The normalized spacial score (nSPS) is 12.5. The van der Waals surface area contributed by atoms with E-state index in [1.165, 1.54) is 6.92 Å². The van der Waals surface area contributed by atoms with Crippen LogP contribution in [-0.4, -0.2) is 24.4 Å². The second-order valence-corrected chi connectivity index (χ2v) is 3.96. The van der Waals surface area contributed by atoms with Gasteiger partial charge in [-0.25, -0.2) is 4.79 Å². The minimum Gasteiger partial charge on any atom is -0.440 e. The van der Waals surface area contributed by atoms with E-state index in [4.69, 9.17) is 4.55 Å². The Hall–Kier alpha value is 0.756. The van der Waals surface area contributed by atoms with E-state index in [1.807, 2.05) is 0 Å². The molecule has 5 nitrogen and oxygen atoms in total. The van der Waals surface area contributed by atoms with Crippen molar-refractivity contribution in [1.29, 1.82) is 0 Å². The second-order valence-electron chi connectivity index (χ2n) is 2.27. The van der Waals surface area contributed by atoms with Gasteiger partial charge in [0.05, 0.1) is 0 Å². The Morgan fingerprint density at radius 2 is 1.92 bits per heavy atom. The van der Waals surface area contributed by atoms with E-state index in [-0.39, 0.29) is 57.0 Å². The predicted octanol–water partition coefficient (Wildman–Crippen LogP) is -2.66. The molecule has 1 N–H and O–H groups in total. The number of hydrogen-bond donors (Lipinski definition) is 1. The summed E-state index contributed by atoms with van der Waals surface area (Å²) in [6.45, 7) is 5.66. The molecule has 1 atom stereocenters. The molecular weight excluding hydrogens is 223 g/mol. The number of ether oxygens (including phenoxy) is 1. The molecule has 0 aliphatic rings. The first-order valence-electron chi connectivity index (χ1n) is 3.08. The average molecular weight is 233 g/mol. The zero-order valence-electron chi connectivity index (χ0n) is 7.77. The Morgan fingerprint density at radius 3 is 2.15 bits per heavy atom. The summed E-state index contributed by atoms with van der Waals surface area (Å²) in [7, 11) is -4.32. The third-order valence-electron chi connectivity index (χ3n) is 1.04. The van der Waals surface area contributed by atoms with Crippen molar-refractivity contribution in [2.45, 2.75) is 19.3 Å². The molecule has 0 amide bonds. The van der Waals surface area contributed by atoms with Crippen LogP contribution < -0.4 is 51.4 Å². The Morgan fingerprint density at radius 1 is 1.54 bits per heavy atom. The molecule has 7 heteroatoms. The molecule has 0 radical (unpaired) electrons. The summed E-state index contributed by atoms with van der Waals surface area (Å²) in [5.41, 5.74) is -1.48. The van der Waals surface area contributed by atoms with Crippen molar-refractivity contribution in [3.63, 3.8) is 0 Å². The topological polar surface area (TPSA) is 80.7 Å². The van der Waals surface area contributed by atoms with Crippen LogP contribution in [0.25, 0.3) is 0 Å². The van der Waals surface area contributed by atoms with Crippen molar-refractivity contribution in [3.05, 3.63) is 12.2 Å². The van der Waals surface area contributed by atoms with E-state index in [2.05, 4.69) is 11.3 Å². The minimum atomic E-state index is -4.32. The van der Waals surface area contributed by atoms with Gasteiger partial charge in [-0.2, -0.15) is 8.42 Å². The zero-order chi connectivity index (χ0) is 9.94. The van der Waals surface area contributed by atoms with Crippen LogP contribution in [0.3, 0.4) is 0 Å². The molecule has 0 rings (SSSR count). The van der Waals surface area contributed by atoms with Crippen molar-refractivity contribution in [2.75, 3.05) is 0 Å². The molecule has 0 heterocycles. The minimum absolute atomic E-state index is 0. The van der Waals surface area contributed by atoms with Gasteiger partial charge in [0.2, 0.25) is 5.44 Å². The number of esters is 1. The fourth-order valence-electron chi connectivity index (χ4n) is 0.312. The van der Waals surface area contributed by atoms with Crippen LogP contribution in [0.15, 0.2) is 12.2 Å². The van der Waals surface area contributed by atoms with E-state index in [1.54, 1.807) is 0 Å². The summed E-state index contributed by atoms with van der Waals surface area (Å²) >= 11 is 0. The summed E-state index contributed by atoms with van der Waals surface area (Å²) in [6.07, 6.45) is 0. The Kier molecular flexibility index (Phi) is 7.82. The number of hydrogen-bond acceptors (Lipinski definition) is 4. The quantitative estimate of drug-likeness (QED) is 0.249. The van der Waals surface area contributed by atoms with Gasteiger partial charge in [0.1, 0.15) is 0 Å². The largest absolute Gasteiger partial charge is 1.00 e. The molecule has 0 spiro atoms. The van der Waals surface area contributed by atoms with Gasteiger partial charge in [0.15, 0.2) is 0 Å². The summed E-state index contributed by atoms with van der Waals surface area (Å²) in [6, 6.07) is 0. The summed E-state index contributed by atoms with van der Waals surface area (Å²) in [4.78, 5) is 10.7. The van der Waals surface area contributed by atoms with Gasteiger partial charge in [0, 0.05) is 5.57 Å². The van der Waals surface area contributed by atoms with E-state index in [0.29, 0.717) is 0 Å². The van der Waals surface area contributed by atoms with Crippen molar-refractivity contribution in [1.82, 2.24) is 0 Å². The van der Waals surface area contributed by atoms with E-state index in [9.17, 15) is 13.2 Å². The van der Waals surface area contributed by atoms with Gasteiger partial charge >= 0.3 is 67.5 Å². The Balaban J connectivity index is 0. The van der Waals surface area contributed by atoms with Gasteiger partial charge in [0.25, 0.3) is 0 Å². The molecule has 0 aliphatic carbocycles. The SMILES string of the molecule is C=C(C)C(=O)OC(C)S(=O)(=O)O.[K+]. The predicted molar refractivity (Wildman–Crippen MR) is 41.9 cm³/mol. The molecule has 0 bridgehead atoms. The molecule has 0 aromatic rings. The maximum Gasteiger partial charge on any atom is 1.00 e. The van der Waals surface area contributed by atoms with E-state index < -0.39 is 21.5 Å². The van der Waals surface area contributed by atoms with E-state index in [0.717, 1.165) is 6.92 Å². The van der Waals surface area contributed by atoms with Crippen molar-refractivity contribution in [3.8, 4) is 0 Å². The molecule has 0 saturated heterocycles. The third kappa shape index (κ3) is 6.78. The second kappa shape index (κ2) is 6.28. The fraction of sp³-hybridized carbons (Fsp3) is 0.500. The van der Waals surface area contributed by atoms with Crippen LogP contribution >= 0.6 is 0 Å². The molecule has 70 valence electrons. The maximum atomic E-state index is 10.7. The zero-order valence-corrected chi connectivity index (χ0v) is 11.7. The number of rotatable bonds is 3. The Labute approximate surface area is 120 Å². The van der Waals surface area contributed by atoms with Gasteiger partial charge < -0.3 is 4.74 Å². The van der Waals surface area contributed by atoms with Gasteiger partial charge in [-0.3, -0.25) is 4.55 Å². The average Bonchev–Trinajstić information content (AvgIpc) is 1.85. The molecule has 0 aromatic heterocycles. The van der Waals surface area contributed by atoms with Gasteiger partial charge in [-0.15, -0.1) is 0 Å². The molecule has 13 heavy (non-hydrogen) atoms. The summed E-state index contributed by atoms with van der Waals surface area (Å²) < 4.78 is 33.4. The molecule has 0 aromatic carbocycles. The molecule has 0 aliphatic heterocycles. The van der Waals surface area contributed by atoms with Crippen molar-refractivity contribution >= 4 is 16.1 Å². The maximum absolute atomic E-state index is 10.7. The first kappa shape index (κ1) is 16.2. The smallest absolute Gasteiger partial charge is 0.440 e. The monoisotopic (exact) mass is 233 g/mol. The molecular formula is C6H10KO5S+. The fourth-order valence-corrected chi connectivity index (χ4v) is 0.521. The first-order valence-corrected chi connectivity index (χ1v) is 4.58. The molecule has 1 unspecified atom stereocenters. The Bertz CT molecular complexity index is 294. The van der Waals surface area contributed by atoms with Crippen molar-refractivity contribution < 1.29 is 73.9 Å². The molecule has 0 saturated carbocycles. The summed E-state index contributed by atoms with van der Waals surface area (Å²) in [5, 5.41) is 0. The van der Waals surface area contributed by atoms with Crippen LogP contribution in [0, 0.1) is 0 Å². The van der Waals surface area contributed by atoms with Crippen LogP contribution in [0.4, 0.5) is 0 Å². The number of carbonyl (C=O) groups is 1. The third-order valence-corrected chi connectivity index (χ3v) is 1.98. The van der Waals surface area contributed by atoms with E-state index >= 15 is 0 Å². The standard InChI is InChI=1S/C6H10O5S.K/c1-4(2)6(7)11-5(3)12(8,9)10;/h5H,1H2,2-3H3,(H,8,9,10);/q;+1.